The summed E-state index contributed by atoms with van der Waals surface area (Å²) in [4.78, 5) is 31.5. The molecule has 1 fully saturated rings. The van der Waals surface area contributed by atoms with E-state index < -0.39 is 0 Å². The number of benzene rings is 2. The molecule has 172 valence electrons. The number of hydrogen-bond acceptors (Lipinski definition) is 5. The van der Waals surface area contributed by atoms with Crippen molar-refractivity contribution in [3.05, 3.63) is 72.1 Å². The third-order valence-electron chi connectivity index (χ3n) is 5.79. The van der Waals surface area contributed by atoms with Crippen molar-refractivity contribution in [2.45, 2.75) is 33.4 Å². The van der Waals surface area contributed by atoms with Crippen molar-refractivity contribution in [2.24, 2.45) is 11.3 Å². The second-order valence-electron chi connectivity index (χ2n) is 9.53. The lowest BCUT2D eigenvalue weighted by atomic mass is 9.84. The van der Waals surface area contributed by atoms with E-state index in [0.29, 0.717) is 24.7 Å². The van der Waals surface area contributed by atoms with Crippen LogP contribution in [-0.4, -0.2) is 51.6 Å². The first-order valence-electron chi connectivity index (χ1n) is 11.2. The molecule has 0 spiro atoms. The molecule has 7 nitrogen and oxygen atoms in total. The van der Waals surface area contributed by atoms with Gasteiger partial charge in [-0.05, 0) is 11.0 Å². The number of ether oxygens (including phenoxy) is 1. The summed E-state index contributed by atoms with van der Waals surface area (Å²) >= 11 is 0. The van der Waals surface area contributed by atoms with Gasteiger partial charge >= 0.3 is 0 Å². The summed E-state index contributed by atoms with van der Waals surface area (Å²) in [5.74, 6) is 0.793. The maximum absolute atomic E-state index is 13.1. The Balaban J connectivity index is 1.83. The molecule has 1 aromatic heterocycles. The van der Waals surface area contributed by atoms with Crippen LogP contribution in [0.15, 0.2) is 60.7 Å². The highest BCUT2D eigenvalue weighted by Gasteiger charge is 2.40. The normalized spacial score (nSPS) is 18.1. The number of carbonyl (C=O) groups is 2. The molecule has 2 heterocycles. The molecular formula is C26H30N4O3. The Hall–Kier alpha value is -3.32. The molecule has 0 radical (unpaired) electrons. The van der Waals surface area contributed by atoms with Crippen LogP contribution in [0.2, 0.25) is 0 Å². The molecule has 2 unspecified atom stereocenters. The Morgan fingerprint density at radius 1 is 1.09 bits per heavy atom. The Morgan fingerprint density at radius 2 is 1.76 bits per heavy atom. The van der Waals surface area contributed by atoms with Crippen LogP contribution in [0, 0.1) is 11.3 Å². The van der Waals surface area contributed by atoms with E-state index >= 15 is 0 Å². The number of carbonyl (C=O) groups excluding carboxylic acids is 2. The van der Waals surface area contributed by atoms with E-state index in [1.165, 1.54) is 0 Å². The van der Waals surface area contributed by atoms with Crippen LogP contribution in [0.5, 0.6) is 0 Å². The van der Waals surface area contributed by atoms with Gasteiger partial charge in [0.25, 0.3) is 0 Å². The second-order valence-corrected chi connectivity index (χ2v) is 9.53. The van der Waals surface area contributed by atoms with E-state index in [9.17, 15) is 9.59 Å². The molecule has 0 aliphatic carbocycles. The minimum Gasteiger partial charge on any atom is -0.371 e. The molecule has 1 aliphatic rings. The summed E-state index contributed by atoms with van der Waals surface area (Å²) in [5, 5.41) is 4.86. The van der Waals surface area contributed by atoms with Crippen molar-refractivity contribution in [2.75, 3.05) is 19.8 Å². The maximum Gasteiger partial charge on any atom is 0.249 e. The Labute approximate surface area is 194 Å². The molecule has 2 atom stereocenters. The van der Waals surface area contributed by atoms with Gasteiger partial charge in [0.2, 0.25) is 5.91 Å². The first kappa shape index (κ1) is 22.9. The molecule has 3 aromatic rings. The van der Waals surface area contributed by atoms with Gasteiger partial charge in [0.1, 0.15) is 12.9 Å². The second kappa shape index (κ2) is 9.67. The summed E-state index contributed by atoms with van der Waals surface area (Å²) < 4.78 is 7.37. The molecule has 2 aromatic carbocycles. The molecule has 0 bridgehead atoms. The molecular weight excluding hydrogens is 416 g/mol. The van der Waals surface area contributed by atoms with Gasteiger partial charge in [-0.2, -0.15) is 5.10 Å². The zero-order valence-electron chi connectivity index (χ0n) is 19.3. The first-order valence-corrected chi connectivity index (χ1v) is 11.2. The van der Waals surface area contributed by atoms with Gasteiger partial charge in [0, 0.05) is 12.1 Å². The van der Waals surface area contributed by atoms with E-state index in [1.807, 2.05) is 65.3 Å². The van der Waals surface area contributed by atoms with Crippen LogP contribution >= 0.6 is 0 Å². The Bertz CT molecular complexity index is 1090. The van der Waals surface area contributed by atoms with Crippen LogP contribution in [-0.2, 0) is 20.9 Å². The standard InChI is InChI=1S/C26H30N4O3/c1-26(2,3)23(29-14-20(16-31)17-33-18-22(29)32)25-27-24(21-12-8-5-9-13-21)28-30(25)15-19-10-6-4-7-11-19/h4-13,16,20,23H,14-15,17-18H2,1-3H3. The quantitative estimate of drug-likeness (QED) is 0.539. The molecule has 4 rings (SSSR count). The van der Waals surface area contributed by atoms with Crippen molar-refractivity contribution in [3.8, 4) is 11.4 Å². The van der Waals surface area contributed by atoms with Gasteiger partial charge in [0.15, 0.2) is 11.6 Å². The number of aldehydes is 1. The summed E-state index contributed by atoms with van der Waals surface area (Å²) in [5.41, 5.74) is 1.64. The summed E-state index contributed by atoms with van der Waals surface area (Å²) in [7, 11) is 0. The zero-order valence-corrected chi connectivity index (χ0v) is 19.3. The topological polar surface area (TPSA) is 77.3 Å². The van der Waals surface area contributed by atoms with Gasteiger partial charge in [-0.1, -0.05) is 81.4 Å². The summed E-state index contributed by atoms with van der Waals surface area (Å²) in [6, 6.07) is 19.5. The SMILES string of the molecule is CC(C)(C)C(c1nc(-c2ccccc2)nn1Cc1ccccc1)N1CC(C=O)COCC1=O. The van der Waals surface area contributed by atoms with Crippen LogP contribution in [0.1, 0.15) is 38.2 Å². The van der Waals surface area contributed by atoms with E-state index in [0.717, 1.165) is 17.4 Å². The molecule has 0 N–H and O–H groups in total. The van der Waals surface area contributed by atoms with Crippen LogP contribution in [0.4, 0.5) is 0 Å². The van der Waals surface area contributed by atoms with Crippen LogP contribution in [0.25, 0.3) is 11.4 Å². The number of nitrogens with zero attached hydrogens (tertiary/aromatic N) is 4. The highest BCUT2D eigenvalue weighted by Crippen LogP contribution is 2.39. The molecule has 1 aliphatic heterocycles. The van der Waals surface area contributed by atoms with Crippen molar-refractivity contribution < 1.29 is 14.3 Å². The number of rotatable bonds is 6. The van der Waals surface area contributed by atoms with Crippen molar-refractivity contribution in [1.29, 1.82) is 0 Å². The lowest BCUT2D eigenvalue weighted by molar-refractivity contribution is -0.139. The monoisotopic (exact) mass is 446 g/mol. The summed E-state index contributed by atoms with van der Waals surface area (Å²) in [6.45, 7) is 7.26. The third kappa shape index (κ3) is 5.20. The third-order valence-corrected chi connectivity index (χ3v) is 5.79. The minimum atomic E-state index is -0.386. The van der Waals surface area contributed by atoms with Crippen molar-refractivity contribution >= 4 is 12.2 Å². The molecule has 1 amide bonds. The fraction of sp³-hybridized carbons (Fsp3) is 0.385. The minimum absolute atomic E-state index is 0.0463. The van der Waals surface area contributed by atoms with E-state index in [1.54, 1.807) is 4.90 Å². The molecule has 7 heteroatoms. The highest BCUT2D eigenvalue weighted by molar-refractivity contribution is 5.79. The number of aromatic nitrogens is 3. The van der Waals surface area contributed by atoms with Gasteiger partial charge < -0.3 is 14.4 Å². The first-order chi connectivity index (χ1) is 15.9. The lowest BCUT2D eigenvalue weighted by Gasteiger charge is -2.39. The smallest absolute Gasteiger partial charge is 0.249 e. The predicted octanol–water partition coefficient (Wildman–Crippen LogP) is 3.75. The van der Waals surface area contributed by atoms with Crippen molar-refractivity contribution in [1.82, 2.24) is 19.7 Å². The van der Waals surface area contributed by atoms with Gasteiger partial charge in [-0.25, -0.2) is 9.67 Å². The average molecular weight is 447 g/mol. The van der Waals surface area contributed by atoms with E-state index in [-0.39, 0.29) is 36.5 Å². The number of amides is 1. The fourth-order valence-electron chi connectivity index (χ4n) is 4.25. The molecule has 0 saturated carbocycles. The summed E-state index contributed by atoms with van der Waals surface area (Å²) in [6.07, 6.45) is 0.870. The highest BCUT2D eigenvalue weighted by atomic mass is 16.5. The fourth-order valence-corrected chi connectivity index (χ4v) is 4.25. The molecule has 33 heavy (non-hydrogen) atoms. The van der Waals surface area contributed by atoms with E-state index in [4.69, 9.17) is 14.8 Å². The van der Waals surface area contributed by atoms with Gasteiger partial charge in [-0.3, -0.25) is 4.79 Å². The zero-order chi connectivity index (χ0) is 23.4. The van der Waals surface area contributed by atoms with Crippen molar-refractivity contribution in [3.63, 3.8) is 0 Å². The Morgan fingerprint density at radius 3 is 2.39 bits per heavy atom. The van der Waals surface area contributed by atoms with Gasteiger partial charge in [-0.15, -0.1) is 0 Å². The Kier molecular flexibility index (Phi) is 6.70. The lowest BCUT2D eigenvalue weighted by Crippen LogP contribution is -2.45. The van der Waals surface area contributed by atoms with Crippen LogP contribution in [0.3, 0.4) is 0 Å². The number of hydrogen-bond donors (Lipinski definition) is 0. The predicted molar refractivity (Wildman–Crippen MR) is 125 cm³/mol. The largest absolute Gasteiger partial charge is 0.371 e. The average Bonchev–Trinajstić information content (AvgIpc) is 3.11. The van der Waals surface area contributed by atoms with E-state index in [2.05, 4.69) is 20.8 Å². The van der Waals surface area contributed by atoms with Crippen LogP contribution < -0.4 is 0 Å². The van der Waals surface area contributed by atoms with Gasteiger partial charge in [0.05, 0.1) is 25.1 Å². The molecule has 1 saturated heterocycles. The maximum atomic E-state index is 13.1.